The molecule has 1 aliphatic carbocycles. The minimum atomic E-state index is -0.106. The molecule has 0 spiro atoms. The number of fused-ring (bicyclic) bond motifs is 2. The zero-order valence-electron chi connectivity index (χ0n) is 35.5. The van der Waals surface area contributed by atoms with Crippen molar-refractivity contribution in [3.8, 4) is 40.1 Å². The van der Waals surface area contributed by atoms with Crippen molar-refractivity contribution in [1.82, 2.24) is 74.1 Å². The van der Waals surface area contributed by atoms with Crippen molar-refractivity contribution in [1.29, 1.82) is 0 Å². The van der Waals surface area contributed by atoms with Crippen LogP contribution in [0, 0.1) is 6.92 Å². The first-order valence-corrected chi connectivity index (χ1v) is 19.8. The van der Waals surface area contributed by atoms with Gasteiger partial charge in [0.15, 0.2) is 17.1 Å². The number of pyridine rings is 2. The fourth-order valence-corrected chi connectivity index (χ4v) is 6.43. The van der Waals surface area contributed by atoms with Gasteiger partial charge >= 0.3 is 0 Å². The van der Waals surface area contributed by atoms with Crippen LogP contribution in [0.25, 0.3) is 50.5 Å². The number of methoxy groups -OCH3 is 1. The van der Waals surface area contributed by atoms with Crippen molar-refractivity contribution in [2.24, 2.45) is 28.2 Å². The van der Waals surface area contributed by atoms with Gasteiger partial charge in [0.1, 0.15) is 46.0 Å². The standard InChI is InChI=1S/C20H19N9.C20H22N8O2.C2H6.2H2/c1-13-11-22-29(25-13)17-10-18(24-20-15(17)12-21-28(20)3)23-19-9-16(26-27(19)2)14-7-5-4-6-8-14;1-20(6-7-20)30-14-10-15(24-19-12(14)11-22-28(19)3)23-16-9-13(26-27(16)2)18-21-8-5-17(25-18)29-4;1-2;;/h4-12H,1-3H3,(H,23,24);5,8-11H,6-7H2,1-4H3,(H,23,24);1-2H3;2*1H. The highest BCUT2D eigenvalue weighted by atomic mass is 16.5. The summed E-state index contributed by atoms with van der Waals surface area (Å²) in [5.41, 5.74) is 5.61. The molecule has 1 aromatic carbocycles. The largest absolute Gasteiger partial charge is 0.487 e. The van der Waals surface area contributed by atoms with Crippen LogP contribution in [0.4, 0.5) is 23.3 Å². The molecule has 0 saturated heterocycles. The molecule has 0 aliphatic heterocycles. The third-order valence-corrected chi connectivity index (χ3v) is 9.89. The second-order valence-electron chi connectivity index (χ2n) is 14.5. The second-order valence-corrected chi connectivity index (χ2v) is 14.5. The van der Waals surface area contributed by atoms with Gasteiger partial charge in [0.2, 0.25) is 5.88 Å². The molecular formula is C42H51N17O2. The number of benzene rings is 1. The number of anilines is 4. The zero-order valence-corrected chi connectivity index (χ0v) is 35.5. The molecule has 19 heteroatoms. The Labute approximate surface area is 354 Å². The summed E-state index contributed by atoms with van der Waals surface area (Å²) in [7, 11) is 9.04. The van der Waals surface area contributed by atoms with E-state index in [4.69, 9.17) is 19.4 Å². The molecule has 1 saturated carbocycles. The summed E-state index contributed by atoms with van der Waals surface area (Å²) in [5.74, 6) is 4.62. The summed E-state index contributed by atoms with van der Waals surface area (Å²) in [5, 5.41) is 35.1. The summed E-state index contributed by atoms with van der Waals surface area (Å²) in [6.45, 7) is 8.02. The Morgan fingerprint density at radius 2 is 1.31 bits per heavy atom. The molecule has 1 fully saturated rings. The van der Waals surface area contributed by atoms with Gasteiger partial charge in [-0.1, -0.05) is 44.2 Å². The minimum Gasteiger partial charge on any atom is -0.487 e. The Morgan fingerprint density at radius 1 is 0.689 bits per heavy atom. The Hall–Kier alpha value is -7.70. The van der Waals surface area contributed by atoms with Gasteiger partial charge in [-0.3, -0.25) is 18.7 Å². The number of rotatable bonds is 10. The highest BCUT2D eigenvalue weighted by molar-refractivity contribution is 5.87. The number of hydrogen-bond donors (Lipinski definition) is 2. The highest BCUT2D eigenvalue weighted by Gasteiger charge is 2.40. The van der Waals surface area contributed by atoms with Gasteiger partial charge in [0.05, 0.1) is 47.9 Å². The molecule has 8 heterocycles. The van der Waals surface area contributed by atoms with Gasteiger partial charge in [-0.2, -0.15) is 40.4 Å². The maximum atomic E-state index is 6.26. The molecule has 1 aliphatic rings. The molecule has 10 rings (SSSR count). The van der Waals surface area contributed by atoms with Gasteiger partial charge in [0, 0.05) is 73.1 Å². The van der Waals surface area contributed by atoms with E-state index in [9.17, 15) is 0 Å². The number of aromatic nitrogens is 15. The lowest BCUT2D eigenvalue weighted by atomic mass is 10.1. The highest BCUT2D eigenvalue weighted by Crippen LogP contribution is 2.42. The van der Waals surface area contributed by atoms with Crippen LogP contribution in [-0.2, 0) is 28.2 Å². The molecule has 0 atom stereocenters. The lowest BCUT2D eigenvalue weighted by molar-refractivity contribution is 0.203. The predicted molar refractivity (Wildman–Crippen MR) is 237 cm³/mol. The van der Waals surface area contributed by atoms with Crippen LogP contribution in [0.15, 0.2) is 85.5 Å². The summed E-state index contributed by atoms with van der Waals surface area (Å²) in [6, 6.07) is 19.5. The second kappa shape index (κ2) is 16.5. The Morgan fingerprint density at radius 3 is 1.95 bits per heavy atom. The van der Waals surface area contributed by atoms with Crippen LogP contribution < -0.4 is 20.1 Å². The average Bonchev–Trinajstić information content (AvgIpc) is 3.81. The number of nitrogens with one attached hydrogen (secondary N) is 2. The van der Waals surface area contributed by atoms with Crippen molar-refractivity contribution < 1.29 is 12.3 Å². The fourth-order valence-electron chi connectivity index (χ4n) is 6.43. The molecule has 8 aromatic heterocycles. The first-order chi connectivity index (χ1) is 29.5. The van der Waals surface area contributed by atoms with Gasteiger partial charge in [0.25, 0.3) is 0 Å². The van der Waals surface area contributed by atoms with Crippen LogP contribution >= 0.6 is 0 Å². The van der Waals surface area contributed by atoms with Crippen molar-refractivity contribution in [3.63, 3.8) is 0 Å². The zero-order chi connectivity index (χ0) is 42.8. The molecule has 2 N–H and O–H groups in total. The summed E-state index contributed by atoms with van der Waals surface area (Å²) < 4.78 is 18.4. The van der Waals surface area contributed by atoms with E-state index in [1.807, 2.05) is 104 Å². The van der Waals surface area contributed by atoms with E-state index >= 15 is 0 Å². The van der Waals surface area contributed by atoms with E-state index in [0.717, 1.165) is 74.9 Å². The predicted octanol–water partition coefficient (Wildman–Crippen LogP) is 7.36. The normalized spacial score (nSPS) is 12.7. The summed E-state index contributed by atoms with van der Waals surface area (Å²) in [6.07, 6.45) is 9.02. The molecule has 9 aromatic rings. The Balaban J connectivity index is 0.000000196. The van der Waals surface area contributed by atoms with Crippen LogP contribution in [0.1, 0.15) is 42.2 Å². The fraction of sp³-hybridized carbons (Fsp3) is 0.286. The van der Waals surface area contributed by atoms with E-state index < -0.39 is 0 Å². The van der Waals surface area contributed by atoms with E-state index in [2.05, 4.69) is 58.1 Å². The van der Waals surface area contributed by atoms with Crippen molar-refractivity contribution in [2.45, 2.75) is 46.1 Å². The van der Waals surface area contributed by atoms with Crippen molar-refractivity contribution >= 4 is 45.3 Å². The molecule has 0 radical (unpaired) electrons. The van der Waals surface area contributed by atoms with Crippen LogP contribution in [0.3, 0.4) is 0 Å². The van der Waals surface area contributed by atoms with E-state index in [1.54, 1.807) is 61.5 Å². The molecule has 0 unspecified atom stereocenters. The number of hydrogen-bond acceptors (Lipinski definition) is 14. The van der Waals surface area contributed by atoms with Crippen LogP contribution in [0.5, 0.6) is 11.6 Å². The number of aryl methyl sites for hydroxylation is 5. The first-order valence-electron chi connectivity index (χ1n) is 19.8. The summed E-state index contributed by atoms with van der Waals surface area (Å²) in [4.78, 5) is 19.7. The third kappa shape index (κ3) is 8.43. The third-order valence-electron chi connectivity index (χ3n) is 9.89. The Kier molecular flexibility index (Phi) is 10.9. The maximum absolute atomic E-state index is 6.26. The van der Waals surface area contributed by atoms with Gasteiger partial charge in [-0.15, -0.1) is 0 Å². The molecule has 316 valence electrons. The van der Waals surface area contributed by atoms with Crippen molar-refractivity contribution in [3.05, 3.63) is 91.1 Å². The van der Waals surface area contributed by atoms with Crippen molar-refractivity contribution in [2.75, 3.05) is 17.7 Å². The van der Waals surface area contributed by atoms with E-state index in [-0.39, 0.29) is 8.45 Å². The maximum Gasteiger partial charge on any atom is 0.216 e. The monoisotopic (exact) mass is 825 g/mol. The molecule has 0 amide bonds. The van der Waals surface area contributed by atoms with Gasteiger partial charge in [-0.05, 0) is 26.7 Å². The SMILES string of the molecule is CC.COc1ccnc(-c2cc(Nc3cc(OC4(C)CC4)c4cnn(C)c4n3)n(C)n2)n1.Cc1cnn(-c2cc(Nc3cc(-c4ccccc4)nn3C)nc3c2cnn3C)n1.[HH].[HH]. The quantitative estimate of drug-likeness (QED) is 0.139. The lowest BCUT2D eigenvalue weighted by Crippen LogP contribution is -2.13. The van der Waals surface area contributed by atoms with Crippen LogP contribution in [-0.4, -0.2) is 86.8 Å². The molecule has 61 heavy (non-hydrogen) atoms. The summed E-state index contributed by atoms with van der Waals surface area (Å²) >= 11 is 0. The van der Waals surface area contributed by atoms with Crippen LogP contribution in [0.2, 0.25) is 0 Å². The molecular weight excluding hydrogens is 775 g/mol. The van der Waals surface area contributed by atoms with E-state index in [0.29, 0.717) is 29.0 Å². The Bertz CT molecular complexity index is 2970. The average molecular weight is 826 g/mol. The topological polar surface area (TPSA) is 196 Å². The smallest absolute Gasteiger partial charge is 0.216 e. The first kappa shape index (κ1) is 40.1. The number of nitrogens with zero attached hydrogens (tertiary/aromatic N) is 15. The number of ether oxygens (including phenoxy) is 2. The molecule has 19 nitrogen and oxygen atoms in total. The molecule has 0 bridgehead atoms. The van der Waals surface area contributed by atoms with Gasteiger partial charge < -0.3 is 20.1 Å². The van der Waals surface area contributed by atoms with E-state index in [1.165, 1.54) is 0 Å². The minimum absolute atomic E-state index is 0. The van der Waals surface area contributed by atoms with Gasteiger partial charge in [-0.25, -0.2) is 15.0 Å². The lowest BCUT2D eigenvalue weighted by Gasteiger charge is -2.15.